The van der Waals surface area contributed by atoms with Gasteiger partial charge >= 0.3 is 0 Å². The van der Waals surface area contributed by atoms with Gasteiger partial charge in [0, 0.05) is 5.56 Å². The number of benzene rings is 2. The molecule has 0 saturated heterocycles. The third-order valence-corrected chi connectivity index (χ3v) is 3.62. The van der Waals surface area contributed by atoms with Crippen LogP contribution in [0.2, 0.25) is 0 Å². The molecule has 0 aliphatic rings. The number of halogens is 2. The van der Waals surface area contributed by atoms with Gasteiger partial charge in [-0.05, 0) is 46.3 Å². The van der Waals surface area contributed by atoms with E-state index in [1.54, 1.807) is 30.3 Å². The van der Waals surface area contributed by atoms with E-state index in [9.17, 15) is 4.39 Å². The van der Waals surface area contributed by atoms with Crippen molar-refractivity contribution in [1.82, 2.24) is 9.97 Å². The molecule has 5 heteroatoms. The van der Waals surface area contributed by atoms with Crippen LogP contribution in [-0.4, -0.2) is 9.97 Å². The molecule has 0 bridgehead atoms. The molecule has 1 N–H and O–H groups in total. The zero-order chi connectivity index (χ0) is 13.4. The Hall–Kier alpha value is -2.19. The third kappa shape index (κ3) is 2.00. The summed E-state index contributed by atoms with van der Waals surface area (Å²) in [7, 11) is 0. The maximum atomic E-state index is 13.5. The van der Waals surface area contributed by atoms with Crippen LogP contribution in [0.15, 0.2) is 40.9 Å². The first-order valence-corrected chi connectivity index (χ1v) is 6.32. The highest BCUT2D eigenvalue weighted by Crippen LogP contribution is 2.29. The third-order valence-electron chi connectivity index (χ3n) is 2.82. The molecule has 3 nitrogen and oxygen atoms in total. The Bertz CT molecular complexity index is 817. The highest BCUT2D eigenvalue weighted by Gasteiger charge is 2.11. The molecular weight excluding hydrogens is 309 g/mol. The van der Waals surface area contributed by atoms with E-state index in [1.165, 1.54) is 6.07 Å². The normalized spacial score (nSPS) is 10.6. The zero-order valence-electron chi connectivity index (χ0n) is 9.61. The van der Waals surface area contributed by atoms with E-state index < -0.39 is 0 Å². The molecule has 0 amide bonds. The minimum absolute atomic E-state index is 0.337. The van der Waals surface area contributed by atoms with Crippen molar-refractivity contribution in [1.29, 1.82) is 5.26 Å². The van der Waals surface area contributed by atoms with Gasteiger partial charge in [-0.15, -0.1) is 0 Å². The average molecular weight is 316 g/mol. The van der Waals surface area contributed by atoms with Crippen molar-refractivity contribution in [2.24, 2.45) is 0 Å². The molecule has 0 fully saturated rings. The standard InChI is InChI=1S/C14H7BrFN3/c15-13-9(2-1-3-10(13)16)14-18-11-5-4-8(7-17)6-12(11)19-14/h1-6H,(H,18,19). The minimum atomic E-state index is -0.337. The van der Waals surface area contributed by atoms with Gasteiger partial charge in [-0.2, -0.15) is 5.26 Å². The summed E-state index contributed by atoms with van der Waals surface area (Å²) in [6.45, 7) is 0. The van der Waals surface area contributed by atoms with Gasteiger partial charge < -0.3 is 4.98 Å². The van der Waals surface area contributed by atoms with Crippen molar-refractivity contribution in [3.05, 3.63) is 52.3 Å². The largest absolute Gasteiger partial charge is 0.338 e. The van der Waals surface area contributed by atoms with Crippen molar-refractivity contribution < 1.29 is 4.39 Å². The maximum Gasteiger partial charge on any atom is 0.139 e. The van der Waals surface area contributed by atoms with Crippen molar-refractivity contribution in [2.75, 3.05) is 0 Å². The number of hydrogen-bond acceptors (Lipinski definition) is 2. The summed E-state index contributed by atoms with van der Waals surface area (Å²) in [5, 5.41) is 8.86. The molecule has 2 aromatic carbocycles. The molecule has 0 radical (unpaired) electrons. The van der Waals surface area contributed by atoms with Gasteiger partial charge in [0.15, 0.2) is 0 Å². The number of fused-ring (bicyclic) bond motifs is 1. The fraction of sp³-hybridized carbons (Fsp3) is 0. The molecule has 0 atom stereocenters. The van der Waals surface area contributed by atoms with Gasteiger partial charge in [0.2, 0.25) is 0 Å². The summed E-state index contributed by atoms with van der Waals surface area (Å²) in [5.41, 5.74) is 2.70. The Morgan fingerprint density at radius 3 is 2.89 bits per heavy atom. The first-order chi connectivity index (χ1) is 9.19. The SMILES string of the molecule is N#Cc1ccc2nc(-c3cccc(F)c3Br)[nH]c2c1. The monoisotopic (exact) mass is 315 g/mol. The molecule has 19 heavy (non-hydrogen) atoms. The smallest absolute Gasteiger partial charge is 0.139 e. The lowest BCUT2D eigenvalue weighted by Gasteiger charge is -2.00. The second kappa shape index (κ2) is 4.48. The van der Waals surface area contributed by atoms with E-state index in [2.05, 4.69) is 32.0 Å². The molecule has 0 saturated carbocycles. The molecule has 3 aromatic rings. The topological polar surface area (TPSA) is 52.5 Å². The number of imidazole rings is 1. The molecule has 1 heterocycles. The van der Waals surface area contributed by atoms with Crippen molar-refractivity contribution >= 4 is 27.0 Å². The van der Waals surface area contributed by atoms with E-state index in [0.717, 1.165) is 11.0 Å². The van der Waals surface area contributed by atoms with Gasteiger partial charge in [-0.25, -0.2) is 9.37 Å². The van der Waals surface area contributed by atoms with Crippen LogP contribution >= 0.6 is 15.9 Å². The number of H-pyrrole nitrogens is 1. The van der Waals surface area contributed by atoms with Gasteiger partial charge in [-0.1, -0.05) is 6.07 Å². The molecule has 0 aliphatic heterocycles. The highest BCUT2D eigenvalue weighted by atomic mass is 79.9. The van der Waals surface area contributed by atoms with Crippen LogP contribution in [0.4, 0.5) is 4.39 Å². The fourth-order valence-corrected chi connectivity index (χ4v) is 2.35. The predicted molar refractivity (Wildman–Crippen MR) is 73.9 cm³/mol. The first-order valence-electron chi connectivity index (χ1n) is 5.53. The average Bonchev–Trinajstić information content (AvgIpc) is 2.84. The molecule has 0 aliphatic carbocycles. The molecule has 0 unspecified atom stereocenters. The first kappa shape index (κ1) is 11.9. The van der Waals surface area contributed by atoms with Crippen LogP contribution in [0, 0.1) is 17.1 Å². The Kier molecular flexibility index (Phi) is 2.80. The van der Waals surface area contributed by atoms with Gasteiger partial charge in [0.1, 0.15) is 11.6 Å². The van der Waals surface area contributed by atoms with Gasteiger partial charge in [0.05, 0.1) is 27.1 Å². The number of nitrogens with zero attached hydrogens (tertiary/aromatic N) is 2. The summed E-state index contributed by atoms with van der Waals surface area (Å²) in [6, 6.07) is 12.0. The van der Waals surface area contributed by atoms with Crippen LogP contribution in [-0.2, 0) is 0 Å². The summed E-state index contributed by atoms with van der Waals surface area (Å²) < 4.78 is 13.9. The Morgan fingerprint density at radius 1 is 1.26 bits per heavy atom. The lowest BCUT2D eigenvalue weighted by Crippen LogP contribution is -1.85. The Labute approximate surface area is 116 Å². The van der Waals surface area contributed by atoms with Gasteiger partial charge in [0.25, 0.3) is 0 Å². The fourth-order valence-electron chi connectivity index (χ4n) is 1.89. The van der Waals surface area contributed by atoms with Crippen molar-refractivity contribution in [2.45, 2.75) is 0 Å². The van der Waals surface area contributed by atoms with Crippen molar-refractivity contribution in [3.8, 4) is 17.5 Å². The lowest BCUT2D eigenvalue weighted by molar-refractivity contribution is 0.621. The van der Waals surface area contributed by atoms with Crippen LogP contribution in [0.1, 0.15) is 5.56 Å². The van der Waals surface area contributed by atoms with E-state index in [-0.39, 0.29) is 5.82 Å². The Balaban J connectivity index is 2.21. The van der Waals surface area contributed by atoms with Gasteiger partial charge in [-0.3, -0.25) is 0 Å². The molecule has 3 rings (SSSR count). The zero-order valence-corrected chi connectivity index (χ0v) is 11.2. The highest BCUT2D eigenvalue weighted by molar-refractivity contribution is 9.10. The second-order valence-corrected chi connectivity index (χ2v) is 4.82. The molecule has 92 valence electrons. The van der Waals surface area contributed by atoms with E-state index in [1.807, 2.05) is 0 Å². The minimum Gasteiger partial charge on any atom is -0.338 e. The quantitative estimate of drug-likeness (QED) is 0.737. The molecule has 1 aromatic heterocycles. The van der Waals surface area contributed by atoms with Crippen LogP contribution in [0.5, 0.6) is 0 Å². The number of nitrogens with one attached hydrogen (secondary N) is 1. The number of rotatable bonds is 1. The number of aromatic nitrogens is 2. The lowest BCUT2D eigenvalue weighted by atomic mass is 10.2. The summed E-state index contributed by atoms with van der Waals surface area (Å²) in [4.78, 5) is 7.49. The summed E-state index contributed by atoms with van der Waals surface area (Å²) in [5.74, 6) is 0.229. The molecular formula is C14H7BrFN3. The Morgan fingerprint density at radius 2 is 2.11 bits per heavy atom. The van der Waals surface area contributed by atoms with E-state index >= 15 is 0 Å². The summed E-state index contributed by atoms with van der Waals surface area (Å²) >= 11 is 3.21. The summed E-state index contributed by atoms with van der Waals surface area (Å²) in [6.07, 6.45) is 0. The number of aromatic amines is 1. The van der Waals surface area contributed by atoms with E-state index in [4.69, 9.17) is 5.26 Å². The van der Waals surface area contributed by atoms with Crippen LogP contribution in [0.3, 0.4) is 0 Å². The maximum absolute atomic E-state index is 13.5. The number of hydrogen-bond donors (Lipinski definition) is 1. The molecule has 0 spiro atoms. The van der Waals surface area contributed by atoms with Crippen LogP contribution < -0.4 is 0 Å². The number of nitriles is 1. The van der Waals surface area contributed by atoms with Crippen molar-refractivity contribution in [3.63, 3.8) is 0 Å². The van der Waals surface area contributed by atoms with E-state index in [0.29, 0.717) is 21.4 Å². The van der Waals surface area contributed by atoms with Crippen LogP contribution in [0.25, 0.3) is 22.4 Å². The predicted octanol–water partition coefficient (Wildman–Crippen LogP) is 4.00. The second-order valence-electron chi connectivity index (χ2n) is 4.03.